The summed E-state index contributed by atoms with van der Waals surface area (Å²) in [6.45, 7) is 1.91. The topological polar surface area (TPSA) is 54.0 Å². The lowest BCUT2D eigenvalue weighted by Gasteiger charge is -2.09. The molecule has 1 atom stereocenters. The van der Waals surface area contributed by atoms with Gasteiger partial charge in [-0.2, -0.15) is 0 Å². The number of thiazole rings is 1. The fraction of sp³-hybridized carbons (Fsp3) is 0.231. The molecule has 4 nitrogen and oxygen atoms in total. The highest BCUT2D eigenvalue weighted by atomic mass is 32.1. The van der Waals surface area contributed by atoms with Crippen molar-refractivity contribution in [1.82, 2.24) is 4.98 Å². The maximum absolute atomic E-state index is 12.1. The van der Waals surface area contributed by atoms with Gasteiger partial charge in [-0.25, -0.2) is 4.98 Å². The summed E-state index contributed by atoms with van der Waals surface area (Å²) in [6.07, 6.45) is 0.729. The van der Waals surface area contributed by atoms with Crippen molar-refractivity contribution < 1.29 is 4.79 Å². The second kappa shape index (κ2) is 4.42. The molecule has 0 bridgehead atoms. The van der Waals surface area contributed by atoms with Gasteiger partial charge in [-0.3, -0.25) is 4.79 Å². The number of fused-ring (bicyclic) bond motifs is 1. The molecule has 0 fully saturated rings. The van der Waals surface area contributed by atoms with Gasteiger partial charge in [0.25, 0.3) is 0 Å². The lowest BCUT2D eigenvalue weighted by atomic mass is 10.1. The standard InChI is InChI=1S/C13H13N3OS/c1-8-7-18-13(14-8)16-12(17)11-6-9-4-2-3-5-10(9)15-11/h2-5,7,11,15H,6H2,1H3,(H,14,16,17). The fourth-order valence-corrected chi connectivity index (χ4v) is 2.75. The number of para-hydroxylation sites is 1. The molecule has 0 saturated heterocycles. The van der Waals surface area contributed by atoms with Crippen LogP contribution in [0.4, 0.5) is 10.8 Å². The van der Waals surface area contributed by atoms with E-state index in [0.29, 0.717) is 5.13 Å². The number of carbonyl (C=O) groups is 1. The van der Waals surface area contributed by atoms with Crippen molar-refractivity contribution in [3.05, 3.63) is 40.9 Å². The van der Waals surface area contributed by atoms with Crippen LogP contribution in [-0.4, -0.2) is 16.9 Å². The molecule has 1 aromatic heterocycles. The molecule has 0 aliphatic carbocycles. The Bertz CT molecular complexity index is 568. The van der Waals surface area contributed by atoms with Crippen molar-refractivity contribution in [2.75, 3.05) is 10.6 Å². The van der Waals surface area contributed by atoms with Crippen molar-refractivity contribution in [3.63, 3.8) is 0 Å². The molecule has 1 amide bonds. The van der Waals surface area contributed by atoms with E-state index < -0.39 is 0 Å². The van der Waals surface area contributed by atoms with E-state index in [1.165, 1.54) is 16.9 Å². The number of hydrogen-bond donors (Lipinski definition) is 2. The van der Waals surface area contributed by atoms with E-state index in [1.54, 1.807) is 0 Å². The first-order valence-electron chi connectivity index (χ1n) is 5.80. The number of aryl methyl sites for hydroxylation is 1. The number of aromatic nitrogens is 1. The molecule has 1 aromatic carbocycles. The number of anilines is 2. The highest BCUT2D eigenvalue weighted by Crippen LogP contribution is 2.26. The molecule has 1 aliphatic rings. The van der Waals surface area contributed by atoms with Crippen LogP contribution in [0.2, 0.25) is 0 Å². The summed E-state index contributed by atoms with van der Waals surface area (Å²) in [6, 6.07) is 7.80. The molecule has 1 aliphatic heterocycles. The quantitative estimate of drug-likeness (QED) is 0.871. The average molecular weight is 259 g/mol. The summed E-state index contributed by atoms with van der Waals surface area (Å²) in [5.41, 5.74) is 3.17. The van der Waals surface area contributed by atoms with E-state index in [0.717, 1.165) is 17.8 Å². The Morgan fingerprint density at radius 1 is 1.50 bits per heavy atom. The summed E-state index contributed by atoms with van der Waals surface area (Å²) in [7, 11) is 0. The van der Waals surface area contributed by atoms with E-state index in [1.807, 2.05) is 36.6 Å². The molecule has 2 N–H and O–H groups in total. The van der Waals surface area contributed by atoms with Gasteiger partial charge >= 0.3 is 0 Å². The monoisotopic (exact) mass is 259 g/mol. The molecule has 92 valence electrons. The molecule has 0 radical (unpaired) electrons. The van der Waals surface area contributed by atoms with Gasteiger partial charge in [0, 0.05) is 17.5 Å². The summed E-state index contributed by atoms with van der Waals surface area (Å²) >= 11 is 1.45. The zero-order valence-corrected chi connectivity index (χ0v) is 10.8. The summed E-state index contributed by atoms with van der Waals surface area (Å²) in [4.78, 5) is 16.3. The predicted molar refractivity (Wildman–Crippen MR) is 73.0 cm³/mol. The van der Waals surface area contributed by atoms with E-state index in [4.69, 9.17) is 0 Å². The van der Waals surface area contributed by atoms with Crippen molar-refractivity contribution in [2.45, 2.75) is 19.4 Å². The summed E-state index contributed by atoms with van der Waals surface area (Å²) in [5.74, 6) is -0.0273. The number of benzene rings is 1. The molecule has 3 rings (SSSR count). The minimum Gasteiger partial charge on any atom is -0.373 e. The summed E-state index contributed by atoms with van der Waals surface area (Å²) < 4.78 is 0. The highest BCUT2D eigenvalue weighted by molar-refractivity contribution is 7.13. The maximum atomic E-state index is 12.1. The number of amides is 1. The smallest absolute Gasteiger partial charge is 0.248 e. The minimum absolute atomic E-state index is 0.0273. The van der Waals surface area contributed by atoms with Gasteiger partial charge in [0.15, 0.2) is 5.13 Å². The Balaban J connectivity index is 1.69. The van der Waals surface area contributed by atoms with Crippen LogP contribution < -0.4 is 10.6 Å². The van der Waals surface area contributed by atoms with Gasteiger partial charge in [0.05, 0.1) is 5.69 Å². The molecule has 0 spiro atoms. The predicted octanol–water partition coefficient (Wildman–Crippen LogP) is 2.43. The molecule has 0 saturated carbocycles. The Morgan fingerprint density at radius 3 is 3.06 bits per heavy atom. The number of hydrogen-bond acceptors (Lipinski definition) is 4. The van der Waals surface area contributed by atoms with Crippen LogP contribution >= 0.6 is 11.3 Å². The normalized spacial score (nSPS) is 17.1. The Morgan fingerprint density at radius 2 is 2.33 bits per heavy atom. The first-order valence-corrected chi connectivity index (χ1v) is 6.68. The zero-order valence-electron chi connectivity index (χ0n) is 9.93. The Labute approximate surface area is 109 Å². The van der Waals surface area contributed by atoms with E-state index in [9.17, 15) is 4.79 Å². The van der Waals surface area contributed by atoms with E-state index in [-0.39, 0.29) is 11.9 Å². The van der Waals surface area contributed by atoms with Crippen LogP contribution in [0.3, 0.4) is 0 Å². The highest BCUT2D eigenvalue weighted by Gasteiger charge is 2.26. The molecular formula is C13H13N3OS. The average Bonchev–Trinajstić information content (AvgIpc) is 2.95. The van der Waals surface area contributed by atoms with Crippen LogP contribution in [0.5, 0.6) is 0 Å². The number of carbonyl (C=O) groups excluding carboxylic acids is 1. The second-order valence-electron chi connectivity index (χ2n) is 4.34. The van der Waals surface area contributed by atoms with Gasteiger partial charge in [-0.15, -0.1) is 11.3 Å². The van der Waals surface area contributed by atoms with Gasteiger partial charge in [0.2, 0.25) is 5.91 Å². The van der Waals surface area contributed by atoms with Crippen molar-refractivity contribution in [3.8, 4) is 0 Å². The van der Waals surface area contributed by atoms with E-state index >= 15 is 0 Å². The van der Waals surface area contributed by atoms with Gasteiger partial charge < -0.3 is 10.6 Å². The number of rotatable bonds is 2. The van der Waals surface area contributed by atoms with Crippen LogP contribution in [0.15, 0.2) is 29.6 Å². The van der Waals surface area contributed by atoms with Crippen LogP contribution in [0.25, 0.3) is 0 Å². The lowest BCUT2D eigenvalue weighted by molar-refractivity contribution is -0.116. The molecule has 18 heavy (non-hydrogen) atoms. The third-order valence-corrected chi connectivity index (χ3v) is 3.81. The lowest BCUT2D eigenvalue weighted by Crippen LogP contribution is -2.32. The third kappa shape index (κ3) is 2.09. The van der Waals surface area contributed by atoms with Crippen molar-refractivity contribution in [2.24, 2.45) is 0 Å². The Kier molecular flexibility index (Phi) is 2.76. The van der Waals surface area contributed by atoms with Crippen LogP contribution in [0.1, 0.15) is 11.3 Å². The molecular weight excluding hydrogens is 246 g/mol. The van der Waals surface area contributed by atoms with Gasteiger partial charge in [0.1, 0.15) is 6.04 Å². The molecule has 5 heteroatoms. The van der Waals surface area contributed by atoms with Crippen molar-refractivity contribution in [1.29, 1.82) is 0 Å². The molecule has 2 aromatic rings. The van der Waals surface area contributed by atoms with Crippen LogP contribution in [0, 0.1) is 6.92 Å². The van der Waals surface area contributed by atoms with Crippen LogP contribution in [-0.2, 0) is 11.2 Å². The Hall–Kier alpha value is -1.88. The van der Waals surface area contributed by atoms with Gasteiger partial charge in [-0.05, 0) is 18.6 Å². The fourth-order valence-electron chi connectivity index (χ4n) is 2.06. The maximum Gasteiger partial charge on any atom is 0.248 e. The largest absolute Gasteiger partial charge is 0.373 e. The van der Waals surface area contributed by atoms with Crippen molar-refractivity contribution >= 4 is 28.1 Å². The zero-order chi connectivity index (χ0) is 12.5. The summed E-state index contributed by atoms with van der Waals surface area (Å²) in [5, 5.41) is 8.66. The number of nitrogens with zero attached hydrogens (tertiary/aromatic N) is 1. The minimum atomic E-state index is -0.202. The first kappa shape index (κ1) is 11.2. The molecule has 2 heterocycles. The third-order valence-electron chi connectivity index (χ3n) is 2.94. The van der Waals surface area contributed by atoms with E-state index in [2.05, 4.69) is 15.6 Å². The SMILES string of the molecule is Cc1csc(NC(=O)C2Cc3ccccc3N2)n1. The van der Waals surface area contributed by atoms with Gasteiger partial charge in [-0.1, -0.05) is 18.2 Å². The molecule has 1 unspecified atom stereocenters. The second-order valence-corrected chi connectivity index (χ2v) is 5.20. The number of nitrogens with one attached hydrogen (secondary N) is 2. The first-order chi connectivity index (χ1) is 8.72.